The first-order valence-corrected chi connectivity index (χ1v) is 10.8. The summed E-state index contributed by atoms with van der Waals surface area (Å²) in [5.41, 5.74) is 2.70. The lowest BCUT2D eigenvalue weighted by molar-refractivity contribution is -0.115. The normalized spacial score (nSPS) is 10.3. The molecule has 0 atom stereocenters. The van der Waals surface area contributed by atoms with Gasteiger partial charge in [-0.1, -0.05) is 24.1 Å². The average molecular weight is 469 g/mol. The lowest BCUT2D eigenvalue weighted by atomic mass is 10.2. The van der Waals surface area contributed by atoms with Crippen molar-refractivity contribution in [2.75, 3.05) is 12.4 Å². The van der Waals surface area contributed by atoms with Crippen LogP contribution >= 0.6 is 0 Å². The number of amides is 2. The van der Waals surface area contributed by atoms with Crippen molar-refractivity contribution in [3.63, 3.8) is 0 Å². The molecule has 4 rings (SSSR count). The van der Waals surface area contributed by atoms with E-state index in [9.17, 15) is 9.59 Å². The zero-order valence-electron chi connectivity index (χ0n) is 19.3. The quantitative estimate of drug-likeness (QED) is 0.391. The van der Waals surface area contributed by atoms with Gasteiger partial charge in [0.2, 0.25) is 5.89 Å². The lowest BCUT2D eigenvalue weighted by Gasteiger charge is -2.04. The second kappa shape index (κ2) is 11.0. The van der Waals surface area contributed by atoms with E-state index in [1.807, 2.05) is 30.3 Å². The van der Waals surface area contributed by atoms with Crippen molar-refractivity contribution in [1.29, 1.82) is 0 Å². The number of anilines is 1. The van der Waals surface area contributed by atoms with Crippen LogP contribution in [0.4, 0.5) is 5.69 Å². The highest BCUT2D eigenvalue weighted by molar-refractivity contribution is 6.02. The maximum atomic E-state index is 12.4. The number of methoxy groups -OCH3 is 1. The number of carbonyl (C=O) groups is 2. The van der Waals surface area contributed by atoms with Gasteiger partial charge in [-0.2, -0.15) is 0 Å². The zero-order chi connectivity index (χ0) is 24.6. The molecule has 0 aliphatic carbocycles. The molecule has 0 aliphatic rings. The van der Waals surface area contributed by atoms with Crippen molar-refractivity contribution in [2.45, 2.75) is 20.1 Å². The van der Waals surface area contributed by atoms with Crippen molar-refractivity contribution in [3.05, 3.63) is 95.3 Å². The molecular formula is C27H23N3O5. The van der Waals surface area contributed by atoms with Crippen molar-refractivity contribution in [1.82, 2.24) is 10.3 Å². The van der Waals surface area contributed by atoms with Crippen LogP contribution in [0, 0.1) is 18.8 Å². The Balaban J connectivity index is 1.35. The van der Waals surface area contributed by atoms with E-state index in [-0.39, 0.29) is 18.2 Å². The summed E-state index contributed by atoms with van der Waals surface area (Å²) in [5, 5.41) is 5.51. The Morgan fingerprint density at radius 1 is 1.00 bits per heavy atom. The number of hydrogen-bond acceptors (Lipinski definition) is 6. The molecule has 2 aromatic heterocycles. The Bertz CT molecular complexity index is 1380. The van der Waals surface area contributed by atoms with E-state index in [2.05, 4.69) is 27.5 Å². The molecule has 4 aromatic rings. The first-order valence-electron chi connectivity index (χ1n) is 10.8. The van der Waals surface area contributed by atoms with E-state index < -0.39 is 5.91 Å². The third kappa shape index (κ3) is 6.25. The first kappa shape index (κ1) is 23.5. The molecule has 2 N–H and O–H groups in total. The number of rotatable bonds is 7. The molecule has 2 heterocycles. The van der Waals surface area contributed by atoms with Gasteiger partial charge in [0.25, 0.3) is 11.8 Å². The van der Waals surface area contributed by atoms with Gasteiger partial charge < -0.3 is 24.2 Å². The van der Waals surface area contributed by atoms with E-state index in [1.165, 1.54) is 0 Å². The summed E-state index contributed by atoms with van der Waals surface area (Å²) in [5.74, 6) is 6.40. The number of aromatic nitrogens is 1. The van der Waals surface area contributed by atoms with Crippen LogP contribution in [0.2, 0.25) is 0 Å². The minimum Gasteiger partial charge on any atom is -0.453 e. The van der Waals surface area contributed by atoms with E-state index in [1.54, 1.807) is 50.4 Å². The smallest absolute Gasteiger partial charge is 0.296 e. The average Bonchev–Trinajstić information content (AvgIpc) is 3.49. The molecule has 8 nitrogen and oxygen atoms in total. The number of carbonyl (C=O) groups excluding carboxylic acids is 2. The molecule has 8 heteroatoms. The Morgan fingerprint density at radius 2 is 1.77 bits per heavy atom. The molecule has 2 aromatic carbocycles. The predicted octanol–water partition coefficient (Wildman–Crippen LogP) is 4.31. The van der Waals surface area contributed by atoms with Crippen LogP contribution in [0.3, 0.4) is 0 Å². The number of hydrogen-bond donors (Lipinski definition) is 2. The predicted molar refractivity (Wildman–Crippen MR) is 129 cm³/mol. The molecule has 0 aliphatic heterocycles. The largest absolute Gasteiger partial charge is 0.453 e. The van der Waals surface area contributed by atoms with Gasteiger partial charge in [-0.15, -0.1) is 0 Å². The van der Waals surface area contributed by atoms with Crippen LogP contribution < -0.4 is 10.6 Å². The van der Waals surface area contributed by atoms with Gasteiger partial charge >= 0.3 is 0 Å². The van der Waals surface area contributed by atoms with Crippen molar-refractivity contribution >= 4 is 17.5 Å². The lowest BCUT2D eigenvalue weighted by Crippen LogP contribution is -2.21. The van der Waals surface area contributed by atoms with Gasteiger partial charge in [0.05, 0.1) is 6.54 Å². The summed E-state index contributed by atoms with van der Waals surface area (Å²) in [6.45, 7) is 2.27. The summed E-state index contributed by atoms with van der Waals surface area (Å²) in [7, 11) is 1.56. The number of ether oxygens (including phenoxy) is 1. The second-order valence-electron chi connectivity index (χ2n) is 7.55. The maximum absolute atomic E-state index is 12.4. The Labute approximate surface area is 202 Å². The number of nitrogens with one attached hydrogen (secondary N) is 2. The van der Waals surface area contributed by atoms with E-state index in [0.29, 0.717) is 35.4 Å². The maximum Gasteiger partial charge on any atom is 0.296 e. The van der Waals surface area contributed by atoms with Gasteiger partial charge in [0.1, 0.15) is 23.8 Å². The minimum atomic E-state index is -0.399. The van der Waals surface area contributed by atoms with Gasteiger partial charge in [0, 0.05) is 29.8 Å². The Morgan fingerprint density at radius 3 is 2.51 bits per heavy atom. The number of nitrogens with zero attached hydrogens (tertiary/aromatic N) is 1. The SMILES string of the molecule is COCc1ccc(C(=O)Nc2ccc(-c3nc(CNC(=O)C#Cc4ccccc4)c(C)o3)cc2)o1. The molecule has 0 unspecified atom stereocenters. The van der Waals surface area contributed by atoms with Crippen LogP contribution in [0.1, 0.15) is 33.3 Å². The fraction of sp³-hybridized carbons (Fsp3) is 0.148. The van der Waals surface area contributed by atoms with Gasteiger partial charge in [-0.05, 0) is 55.5 Å². The molecule has 176 valence electrons. The van der Waals surface area contributed by atoms with Crippen molar-refractivity contribution < 1.29 is 23.2 Å². The summed E-state index contributed by atoms with van der Waals surface area (Å²) >= 11 is 0. The third-order valence-corrected chi connectivity index (χ3v) is 4.96. The van der Waals surface area contributed by atoms with E-state index in [4.69, 9.17) is 13.6 Å². The topological polar surface area (TPSA) is 107 Å². The number of aryl methyl sites for hydroxylation is 1. The fourth-order valence-electron chi connectivity index (χ4n) is 3.18. The molecule has 0 spiro atoms. The highest BCUT2D eigenvalue weighted by Gasteiger charge is 2.14. The van der Waals surface area contributed by atoms with Crippen molar-refractivity contribution in [3.8, 4) is 23.3 Å². The summed E-state index contributed by atoms with van der Waals surface area (Å²) in [4.78, 5) is 28.9. The molecule has 0 saturated heterocycles. The second-order valence-corrected chi connectivity index (χ2v) is 7.55. The van der Waals surface area contributed by atoms with E-state index >= 15 is 0 Å². The van der Waals surface area contributed by atoms with Gasteiger partial charge in [0.15, 0.2) is 5.76 Å². The molecule has 0 fully saturated rings. The van der Waals surface area contributed by atoms with Gasteiger partial charge in [-0.3, -0.25) is 9.59 Å². The highest BCUT2D eigenvalue weighted by Crippen LogP contribution is 2.24. The monoisotopic (exact) mass is 469 g/mol. The van der Waals surface area contributed by atoms with Crippen LogP contribution in [-0.2, 0) is 22.7 Å². The number of furan rings is 1. The number of oxazole rings is 1. The molecule has 35 heavy (non-hydrogen) atoms. The Kier molecular flexibility index (Phi) is 7.40. The van der Waals surface area contributed by atoms with Crippen molar-refractivity contribution in [2.24, 2.45) is 0 Å². The molecule has 0 bridgehead atoms. The third-order valence-electron chi connectivity index (χ3n) is 4.96. The standard InChI is InChI=1S/C27H23N3O5/c1-18-23(16-28-25(31)15-8-19-6-4-3-5-7-19)30-27(34-18)20-9-11-21(12-10-20)29-26(32)24-14-13-22(35-24)17-33-2/h3-7,9-14H,16-17H2,1-2H3,(H,28,31)(H,29,32). The van der Waals surface area contributed by atoms with Crippen LogP contribution in [-0.4, -0.2) is 23.9 Å². The summed E-state index contributed by atoms with van der Waals surface area (Å²) in [6, 6.07) is 19.6. The molecule has 0 radical (unpaired) electrons. The van der Waals surface area contributed by atoms with Crippen LogP contribution in [0.15, 0.2) is 75.6 Å². The fourth-order valence-corrected chi connectivity index (χ4v) is 3.18. The zero-order valence-corrected chi connectivity index (χ0v) is 19.3. The molecule has 2 amide bonds. The summed E-state index contributed by atoms with van der Waals surface area (Å²) < 4.78 is 16.2. The Hall–Kier alpha value is -4.61. The van der Waals surface area contributed by atoms with E-state index in [0.717, 1.165) is 11.1 Å². The minimum absolute atomic E-state index is 0.194. The molecule has 0 saturated carbocycles. The van der Waals surface area contributed by atoms with Gasteiger partial charge in [-0.25, -0.2) is 4.98 Å². The number of benzene rings is 2. The van der Waals surface area contributed by atoms with Crippen LogP contribution in [0.5, 0.6) is 0 Å². The highest BCUT2D eigenvalue weighted by atomic mass is 16.5. The summed E-state index contributed by atoms with van der Waals surface area (Å²) in [6.07, 6.45) is 0. The first-order chi connectivity index (χ1) is 17.0. The van der Waals surface area contributed by atoms with Crippen LogP contribution in [0.25, 0.3) is 11.5 Å². The molecular weight excluding hydrogens is 446 g/mol.